The van der Waals surface area contributed by atoms with Crippen LogP contribution in [0.25, 0.3) is 6.08 Å². The molecule has 0 spiro atoms. The molecule has 15 heavy (non-hydrogen) atoms. The van der Waals surface area contributed by atoms with Crippen molar-refractivity contribution in [3.8, 4) is 0 Å². The second-order valence-corrected chi connectivity index (χ2v) is 3.77. The van der Waals surface area contributed by atoms with Crippen LogP contribution < -0.4 is 5.32 Å². The highest BCUT2D eigenvalue weighted by Gasteiger charge is 1.99. The van der Waals surface area contributed by atoms with Crippen LogP contribution >= 0.6 is 23.2 Å². The van der Waals surface area contributed by atoms with Gasteiger partial charge in [0.15, 0.2) is 0 Å². The maximum Gasteiger partial charge on any atom is 0.217 e. The summed E-state index contributed by atoms with van der Waals surface area (Å²) in [6, 6.07) is 5.42. The van der Waals surface area contributed by atoms with E-state index in [9.17, 15) is 4.79 Å². The molecular weight excluding hydrogens is 233 g/mol. The predicted octanol–water partition coefficient (Wildman–Crippen LogP) is 3.14. The Morgan fingerprint density at radius 1 is 1.47 bits per heavy atom. The van der Waals surface area contributed by atoms with Crippen LogP contribution in [0.1, 0.15) is 12.5 Å². The van der Waals surface area contributed by atoms with Gasteiger partial charge < -0.3 is 5.32 Å². The number of carbonyl (C=O) groups excluding carboxylic acids is 1. The zero-order valence-electron chi connectivity index (χ0n) is 8.26. The van der Waals surface area contributed by atoms with Gasteiger partial charge in [0.25, 0.3) is 0 Å². The Morgan fingerprint density at radius 3 is 2.87 bits per heavy atom. The van der Waals surface area contributed by atoms with Crippen molar-refractivity contribution < 1.29 is 4.79 Å². The number of hydrogen-bond donors (Lipinski definition) is 1. The molecule has 0 unspecified atom stereocenters. The average Bonchev–Trinajstić information content (AvgIpc) is 2.18. The summed E-state index contributed by atoms with van der Waals surface area (Å²) < 4.78 is 0. The van der Waals surface area contributed by atoms with Crippen LogP contribution in [-0.2, 0) is 4.79 Å². The van der Waals surface area contributed by atoms with E-state index in [0.29, 0.717) is 16.6 Å². The SMILES string of the molecule is CC(=O)NCC=Cc1cccc(Cl)c1Cl. The molecule has 0 saturated heterocycles. The van der Waals surface area contributed by atoms with Crippen LogP contribution in [0.4, 0.5) is 0 Å². The van der Waals surface area contributed by atoms with E-state index in [1.54, 1.807) is 6.07 Å². The van der Waals surface area contributed by atoms with Crippen LogP contribution in [0, 0.1) is 0 Å². The average molecular weight is 244 g/mol. The number of rotatable bonds is 3. The lowest BCUT2D eigenvalue weighted by Crippen LogP contribution is -2.19. The Hall–Kier alpha value is -0.990. The summed E-state index contributed by atoms with van der Waals surface area (Å²) in [6.45, 7) is 1.96. The van der Waals surface area contributed by atoms with Crippen LogP contribution in [0.5, 0.6) is 0 Å². The summed E-state index contributed by atoms with van der Waals surface area (Å²) in [5.74, 6) is -0.0585. The lowest BCUT2D eigenvalue weighted by atomic mass is 10.2. The number of halogens is 2. The lowest BCUT2D eigenvalue weighted by Gasteiger charge is -2.00. The van der Waals surface area contributed by atoms with Gasteiger partial charge in [-0.3, -0.25) is 4.79 Å². The van der Waals surface area contributed by atoms with Crippen molar-refractivity contribution in [1.29, 1.82) is 0 Å². The molecule has 2 nitrogen and oxygen atoms in total. The molecule has 80 valence electrons. The number of hydrogen-bond acceptors (Lipinski definition) is 1. The second kappa shape index (κ2) is 5.79. The van der Waals surface area contributed by atoms with E-state index in [4.69, 9.17) is 23.2 Å². The van der Waals surface area contributed by atoms with Crippen molar-refractivity contribution in [3.63, 3.8) is 0 Å². The summed E-state index contributed by atoms with van der Waals surface area (Å²) in [5.41, 5.74) is 0.842. The topological polar surface area (TPSA) is 29.1 Å². The van der Waals surface area contributed by atoms with E-state index in [-0.39, 0.29) is 5.91 Å². The van der Waals surface area contributed by atoms with E-state index in [0.717, 1.165) is 5.56 Å². The molecule has 0 aliphatic carbocycles. The van der Waals surface area contributed by atoms with Gasteiger partial charge in [-0.15, -0.1) is 0 Å². The maximum atomic E-state index is 10.6. The summed E-state index contributed by atoms with van der Waals surface area (Å²) in [4.78, 5) is 10.6. The van der Waals surface area contributed by atoms with Crippen LogP contribution in [0.15, 0.2) is 24.3 Å². The summed E-state index contributed by atoms with van der Waals surface area (Å²) in [5, 5.41) is 3.70. The van der Waals surface area contributed by atoms with Crippen LogP contribution in [-0.4, -0.2) is 12.5 Å². The standard InChI is InChI=1S/C11H11Cl2NO/c1-8(15)14-7-3-5-9-4-2-6-10(12)11(9)13/h2-6H,7H2,1H3,(H,14,15). The minimum atomic E-state index is -0.0585. The van der Waals surface area contributed by atoms with Crippen LogP contribution in [0.3, 0.4) is 0 Å². The minimum absolute atomic E-state index is 0.0585. The van der Waals surface area contributed by atoms with E-state index in [2.05, 4.69) is 5.32 Å². The van der Waals surface area contributed by atoms with Gasteiger partial charge in [-0.25, -0.2) is 0 Å². The Kier molecular flexibility index (Phi) is 4.66. The van der Waals surface area contributed by atoms with Gasteiger partial charge in [-0.2, -0.15) is 0 Å². The third-order valence-corrected chi connectivity index (χ3v) is 2.58. The molecule has 0 atom stereocenters. The fraction of sp³-hybridized carbons (Fsp3) is 0.182. The Balaban J connectivity index is 2.64. The third-order valence-electron chi connectivity index (χ3n) is 1.75. The second-order valence-electron chi connectivity index (χ2n) is 2.98. The van der Waals surface area contributed by atoms with Gasteiger partial charge in [0.05, 0.1) is 10.0 Å². The first-order valence-electron chi connectivity index (χ1n) is 4.46. The summed E-state index contributed by atoms with van der Waals surface area (Å²) >= 11 is 11.8. The molecule has 1 rings (SSSR count). The number of carbonyl (C=O) groups is 1. The molecule has 0 fully saturated rings. The van der Waals surface area contributed by atoms with Gasteiger partial charge in [-0.1, -0.05) is 47.5 Å². The van der Waals surface area contributed by atoms with E-state index >= 15 is 0 Å². The monoisotopic (exact) mass is 243 g/mol. The van der Waals surface area contributed by atoms with Crippen molar-refractivity contribution in [3.05, 3.63) is 39.9 Å². The Labute approximate surface area is 98.9 Å². The molecule has 0 aliphatic rings. The molecule has 0 radical (unpaired) electrons. The van der Waals surface area contributed by atoms with Crippen molar-refractivity contribution in [2.45, 2.75) is 6.92 Å². The number of amides is 1. The van der Waals surface area contributed by atoms with E-state index < -0.39 is 0 Å². The maximum absolute atomic E-state index is 10.6. The summed E-state index contributed by atoms with van der Waals surface area (Å²) in [7, 11) is 0. The van der Waals surface area contributed by atoms with Gasteiger partial charge in [-0.05, 0) is 11.6 Å². The van der Waals surface area contributed by atoms with Crippen LogP contribution in [0.2, 0.25) is 10.0 Å². The first kappa shape index (κ1) is 12.1. The number of benzene rings is 1. The molecule has 0 aliphatic heterocycles. The van der Waals surface area contributed by atoms with Gasteiger partial charge >= 0.3 is 0 Å². The fourth-order valence-electron chi connectivity index (χ4n) is 1.04. The predicted molar refractivity (Wildman–Crippen MR) is 64.2 cm³/mol. The van der Waals surface area contributed by atoms with Crippen molar-refractivity contribution in [2.75, 3.05) is 6.54 Å². The zero-order chi connectivity index (χ0) is 11.3. The molecule has 4 heteroatoms. The molecule has 0 saturated carbocycles. The minimum Gasteiger partial charge on any atom is -0.353 e. The van der Waals surface area contributed by atoms with Gasteiger partial charge in [0.2, 0.25) is 5.91 Å². The van der Waals surface area contributed by atoms with E-state index in [1.807, 2.05) is 24.3 Å². The quantitative estimate of drug-likeness (QED) is 0.869. The molecular formula is C11H11Cl2NO. The highest BCUT2D eigenvalue weighted by atomic mass is 35.5. The third kappa shape index (κ3) is 3.94. The molecule has 0 aromatic heterocycles. The molecule has 0 heterocycles. The zero-order valence-corrected chi connectivity index (χ0v) is 9.77. The van der Waals surface area contributed by atoms with E-state index in [1.165, 1.54) is 6.92 Å². The molecule has 1 N–H and O–H groups in total. The molecule has 1 aromatic rings. The Morgan fingerprint density at radius 2 is 2.20 bits per heavy atom. The molecule has 1 amide bonds. The first-order valence-corrected chi connectivity index (χ1v) is 5.22. The van der Waals surface area contributed by atoms with Gasteiger partial charge in [0, 0.05) is 13.5 Å². The van der Waals surface area contributed by atoms with Crippen molar-refractivity contribution >= 4 is 35.2 Å². The molecule has 1 aromatic carbocycles. The smallest absolute Gasteiger partial charge is 0.217 e. The summed E-state index contributed by atoms with van der Waals surface area (Å²) in [6.07, 6.45) is 3.64. The highest BCUT2D eigenvalue weighted by molar-refractivity contribution is 6.42. The van der Waals surface area contributed by atoms with Gasteiger partial charge in [0.1, 0.15) is 0 Å². The lowest BCUT2D eigenvalue weighted by molar-refractivity contribution is -0.118. The highest BCUT2D eigenvalue weighted by Crippen LogP contribution is 2.26. The normalized spacial score (nSPS) is 10.6. The Bertz CT molecular complexity index is 388. The molecule has 0 bridgehead atoms. The van der Waals surface area contributed by atoms with Crippen molar-refractivity contribution in [2.24, 2.45) is 0 Å². The fourth-order valence-corrected chi connectivity index (χ4v) is 1.41. The largest absolute Gasteiger partial charge is 0.353 e. The number of nitrogens with one attached hydrogen (secondary N) is 1. The first-order chi connectivity index (χ1) is 7.11. The van der Waals surface area contributed by atoms with Crippen molar-refractivity contribution in [1.82, 2.24) is 5.32 Å².